The molecule has 0 aromatic heterocycles. The van der Waals surface area contributed by atoms with Crippen LogP contribution in [0.4, 0.5) is 4.79 Å². The highest BCUT2D eigenvalue weighted by Crippen LogP contribution is 2.23. The van der Waals surface area contributed by atoms with Crippen molar-refractivity contribution >= 4 is 22.3 Å². The van der Waals surface area contributed by atoms with E-state index in [1.54, 1.807) is 25.5 Å². The van der Waals surface area contributed by atoms with Gasteiger partial charge in [0.25, 0.3) is 0 Å². The van der Waals surface area contributed by atoms with E-state index < -0.39 is 33.9 Å². The minimum Gasteiger partial charge on any atom is -0.459 e. The Bertz CT molecular complexity index is 482. The maximum absolute atomic E-state index is 12.0. The number of carbonyl (C=O) groups is 2. The first-order valence-electron chi connectivity index (χ1n) is 6.17. The van der Waals surface area contributed by atoms with Gasteiger partial charge in [0.05, 0.1) is 7.11 Å². The number of nitrogens with zero attached hydrogens (tertiary/aromatic N) is 1. The van der Waals surface area contributed by atoms with Gasteiger partial charge >= 0.3 is 22.3 Å². The minimum absolute atomic E-state index is 0.149. The number of carbonyl (C=O) groups excluding carboxylic acids is 2. The molecule has 1 heterocycles. The third-order valence-corrected chi connectivity index (χ3v) is 4.07. The van der Waals surface area contributed by atoms with Gasteiger partial charge in [-0.05, 0) is 33.6 Å². The standard InChI is InChI=1S/C11H20N2O6S/c1-11(2,3)19-9(14)8-6-5-7-13(8)20(16,17)12-10(15)18-4/h8H,5-7H2,1-4H3,(H,12,15)/t8-/m1/s1. The fourth-order valence-electron chi connectivity index (χ4n) is 1.84. The molecule has 1 atom stereocenters. The van der Waals surface area contributed by atoms with Crippen LogP contribution in [0.25, 0.3) is 0 Å². The molecule has 1 amide bonds. The molecule has 0 aliphatic carbocycles. The molecule has 1 fully saturated rings. The number of amides is 1. The van der Waals surface area contributed by atoms with Gasteiger partial charge in [-0.25, -0.2) is 9.52 Å². The Hall–Kier alpha value is -1.35. The van der Waals surface area contributed by atoms with E-state index in [9.17, 15) is 18.0 Å². The second kappa shape index (κ2) is 5.96. The van der Waals surface area contributed by atoms with E-state index in [0.717, 1.165) is 11.4 Å². The molecule has 1 rings (SSSR count). The summed E-state index contributed by atoms with van der Waals surface area (Å²) in [7, 11) is -3.06. The van der Waals surface area contributed by atoms with Gasteiger partial charge in [0.1, 0.15) is 11.6 Å². The summed E-state index contributed by atoms with van der Waals surface area (Å²) in [4.78, 5) is 23.0. The van der Waals surface area contributed by atoms with Gasteiger partial charge in [0.2, 0.25) is 0 Å². The molecule has 0 aromatic rings. The zero-order valence-corrected chi connectivity index (χ0v) is 12.8. The first kappa shape index (κ1) is 16.7. The van der Waals surface area contributed by atoms with Crippen LogP contribution in [-0.4, -0.2) is 50.1 Å². The molecule has 116 valence electrons. The molecule has 20 heavy (non-hydrogen) atoms. The fourth-order valence-corrected chi connectivity index (χ4v) is 3.15. The lowest BCUT2D eigenvalue weighted by Gasteiger charge is -2.26. The number of hydrogen-bond acceptors (Lipinski definition) is 6. The largest absolute Gasteiger partial charge is 0.459 e. The minimum atomic E-state index is -4.11. The van der Waals surface area contributed by atoms with Crippen molar-refractivity contribution in [1.29, 1.82) is 0 Å². The van der Waals surface area contributed by atoms with Crippen molar-refractivity contribution in [1.82, 2.24) is 9.03 Å². The van der Waals surface area contributed by atoms with Crippen molar-refractivity contribution in [2.75, 3.05) is 13.7 Å². The smallest absolute Gasteiger partial charge is 0.421 e. The van der Waals surface area contributed by atoms with Crippen LogP contribution in [0, 0.1) is 0 Å². The van der Waals surface area contributed by atoms with Gasteiger partial charge in [0.15, 0.2) is 0 Å². The summed E-state index contributed by atoms with van der Waals surface area (Å²) < 4.78 is 36.1. The van der Waals surface area contributed by atoms with E-state index in [2.05, 4.69) is 4.74 Å². The average molecular weight is 308 g/mol. The van der Waals surface area contributed by atoms with Gasteiger partial charge in [-0.15, -0.1) is 0 Å². The third-order valence-electron chi connectivity index (χ3n) is 2.59. The van der Waals surface area contributed by atoms with Crippen LogP contribution in [0.1, 0.15) is 33.6 Å². The van der Waals surface area contributed by atoms with Crippen LogP contribution in [0.15, 0.2) is 0 Å². The predicted octanol–water partition coefficient (Wildman–Crippen LogP) is 0.393. The molecule has 0 spiro atoms. The summed E-state index contributed by atoms with van der Waals surface area (Å²) in [5.74, 6) is -0.620. The van der Waals surface area contributed by atoms with Crippen LogP contribution in [-0.2, 0) is 24.5 Å². The zero-order chi connectivity index (χ0) is 15.6. The molecule has 1 saturated heterocycles. The van der Waals surface area contributed by atoms with Crippen molar-refractivity contribution in [2.45, 2.75) is 45.3 Å². The van der Waals surface area contributed by atoms with Crippen molar-refractivity contribution in [3.63, 3.8) is 0 Å². The van der Waals surface area contributed by atoms with E-state index in [-0.39, 0.29) is 6.54 Å². The van der Waals surface area contributed by atoms with Gasteiger partial charge < -0.3 is 9.47 Å². The Balaban J connectivity index is 2.84. The summed E-state index contributed by atoms with van der Waals surface area (Å²) in [5, 5.41) is 0. The molecular formula is C11H20N2O6S. The molecule has 0 radical (unpaired) electrons. The maximum atomic E-state index is 12.0. The average Bonchev–Trinajstić information content (AvgIpc) is 2.75. The van der Waals surface area contributed by atoms with Gasteiger partial charge in [-0.1, -0.05) is 0 Å². The molecule has 1 aliphatic heterocycles. The molecule has 1 N–H and O–H groups in total. The van der Waals surface area contributed by atoms with Crippen LogP contribution in [0.3, 0.4) is 0 Å². The summed E-state index contributed by atoms with van der Waals surface area (Å²) in [6.45, 7) is 5.25. The van der Waals surface area contributed by atoms with E-state index in [4.69, 9.17) is 4.74 Å². The number of hydrogen-bond donors (Lipinski definition) is 1. The van der Waals surface area contributed by atoms with Crippen LogP contribution < -0.4 is 4.72 Å². The van der Waals surface area contributed by atoms with Crippen LogP contribution in [0.2, 0.25) is 0 Å². The highest BCUT2D eigenvalue weighted by atomic mass is 32.2. The lowest BCUT2D eigenvalue weighted by Crippen LogP contribution is -2.49. The predicted molar refractivity (Wildman–Crippen MR) is 70.0 cm³/mol. The number of nitrogens with one attached hydrogen (secondary N) is 1. The first-order chi connectivity index (χ1) is 9.07. The Morgan fingerprint density at radius 2 is 1.90 bits per heavy atom. The van der Waals surface area contributed by atoms with Crippen molar-refractivity contribution < 1.29 is 27.5 Å². The normalized spacial score (nSPS) is 20.5. The maximum Gasteiger partial charge on any atom is 0.421 e. The number of rotatable bonds is 3. The third kappa shape index (κ3) is 4.34. The molecule has 0 unspecified atom stereocenters. The summed E-state index contributed by atoms with van der Waals surface area (Å²) in [5.41, 5.74) is -0.703. The number of ether oxygens (including phenoxy) is 2. The molecular weight excluding hydrogens is 288 g/mol. The summed E-state index contributed by atoms with van der Waals surface area (Å²) >= 11 is 0. The van der Waals surface area contributed by atoms with Crippen molar-refractivity contribution in [3.05, 3.63) is 0 Å². The Labute approximate surface area is 118 Å². The van der Waals surface area contributed by atoms with E-state index in [1.165, 1.54) is 0 Å². The second-order valence-corrected chi connectivity index (χ2v) is 7.02. The first-order valence-corrected chi connectivity index (χ1v) is 7.61. The highest BCUT2D eigenvalue weighted by molar-refractivity contribution is 7.87. The molecule has 0 aromatic carbocycles. The SMILES string of the molecule is COC(=O)NS(=O)(=O)N1CCC[C@@H]1C(=O)OC(C)(C)C. The molecule has 9 heteroatoms. The summed E-state index contributed by atoms with van der Waals surface area (Å²) in [6.07, 6.45) is -0.219. The van der Waals surface area contributed by atoms with Crippen molar-refractivity contribution in [3.8, 4) is 0 Å². The summed E-state index contributed by atoms with van der Waals surface area (Å²) in [6, 6.07) is -0.920. The Morgan fingerprint density at radius 3 is 2.40 bits per heavy atom. The molecule has 1 aliphatic rings. The van der Waals surface area contributed by atoms with E-state index >= 15 is 0 Å². The second-order valence-electron chi connectivity index (χ2n) is 5.40. The number of methoxy groups -OCH3 is 1. The Morgan fingerprint density at radius 1 is 1.30 bits per heavy atom. The molecule has 8 nitrogen and oxygen atoms in total. The monoisotopic (exact) mass is 308 g/mol. The molecule has 0 bridgehead atoms. The van der Waals surface area contributed by atoms with Crippen LogP contribution in [0.5, 0.6) is 0 Å². The topological polar surface area (TPSA) is 102 Å². The lowest BCUT2D eigenvalue weighted by atomic mass is 10.2. The molecule has 0 saturated carbocycles. The van der Waals surface area contributed by atoms with Crippen LogP contribution >= 0.6 is 0 Å². The lowest BCUT2D eigenvalue weighted by molar-refractivity contribution is -0.158. The fraction of sp³-hybridized carbons (Fsp3) is 0.818. The zero-order valence-electron chi connectivity index (χ0n) is 12.0. The van der Waals surface area contributed by atoms with Gasteiger partial charge in [-0.3, -0.25) is 4.79 Å². The van der Waals surface area contributed by atoms with E-state index in [1.807, 2.05) is 0 Å². The highest BCUT2D eigenvalue weighted by Gasteiger charge is 2.41. The quantitative estimate of drug-likeness (QED) is 0.757. The Kier molecular flexibility index (Phi) is 4.98. The van der Waals surface area contributed by atoms with Gasteiger partial charge in [0, 0.05) is 6.54 Å². The van der Waals surface area contributed by atoms with E-state index in [0.29, 0.717) is 12.8 Å². The number of esters is 1. The van der Waals surface area contributed by atoms with Gasteiger partial charge in [-0.2, -0.15) is 12.7 Å². The van der Waals surface area contributed by atoms with Crippen molar-refractivity contribution in [2.24, 2.45) is 0 Å².